The fourth-order valence-corrected chi connectivity index (χ4v) is 2.83. The van der Waals surface area contributed by atoms with Crippen molar-refractivity contribution in [3.8, 4) is 0 Å². The van der Waals surface area contributed by atoms with Gasteiger partial charge in [0, 0.05) is 18.1 Å². The number of benzene rings is 1. The Morgan fingerprint density at radius 1 is 1.53 bits per heavy atom. The van der Waals surface area contributed by atoms with Crippen LogP contribution in [0.15, 0.2) is 46.3 Å². The summed E-state index contributed by atoms with van der Waals surface area (Å²) < 4.78 is 25.9. The van der Waals surface area contributed by atoms with Crippen molar-refractivity contribution in [2.75, 3.05) is 13.6 Å². The molecule has 0 spiro atoms. The van der Waals surface area contributed by atoms with E-state index in [0.717, 1.165) is 4.47 Å². The van der Waals surface area contributed by atoms with Crippen molar-refractivity contribution < 1.29 is 8.42 Å². The summed E-state index contributed by atoms with van der Waals surface area (Å²) in [7, 11) is -1.87. The Hall–Kier alpha value is -0.650. The standard InChI is InChI=1S/C10H12BrNO2S/c1-3-7-12(2)15(13,14)10-6-4-5-9(11)8-10/h3-6,8H,1,7H2,2H3. The van der Waals surface area contributed by atoms with Gasteiger partial charge in [0.25, 0.3) is 0 Å². The first kappa shape index (κ1) is 12.4. The molecule has 0 saturated heterocycles. The van der Waals surface area contributed by atoms with Crippen LogP contribution < -0.4 is 0 Å². The molecule has 3 nitrogen and oxygen atoms in total. The van der Waals surface area contributed by atoms with Crippen molar-refractivity contribution in [3.63, 3.8) is 0 Å². The number of hydrogen-bond donors (Lipinski definition) is 0. The van der Waals surface area contributed by atoms with Crippen molar-refractivity contribution in [2.45, 2.75) is 4.90 Å². The third-order valence-electron chi connectivity index (χ3n) is 1.89. The highest BCUT2D eigenvalue weighted by Gasteiger charge is 2.19. The Labute approximate surface area is 98.6 Å². The molecule has 0 aromatic heterocycles. The molecule has 1 aromatic rings. The Bertz CT molecular complexity index is 456. The van der Waals surface area contributed by atoms with E-state index in [-0.39, 0.29) is 4.90 Å². The van der Waals surface area contributed by atoms with Gasteiger partial charge in [-0.05, 0) is 18.2 Å². The molecule has 15 heavy (non-hydrogen) atoms. The summed E-state index contributed by atoms with van der Waals surface area (Å²) in [5, 5.41) is 0. The smallest absolute Gasteiger partial charge is 0.207 e. The lowest BCUT2D eigenvalue weighted by Gasteiger charge is -2.15. The van der Waals surface area contributed by atoms with Crippen LogP contribution in [-0.4, -0.2) is 26.3 Å². The van der Waals surface area contributed by atoms with Gasteiger partial charge in [-0.2, -0.15) is 4.31 Å². The number of rotatable bonds is 4. The largest absolute Gasteiger partial charge is 0.243 e. The lowest BCUT2D eigenvalue weighted by atomic mass is 10.4. The summed E-state index contributed by atoms with van der Waals surface area (Å²) in [4.78, 5) is 0.279. The normalized spacial score (nSPS) is 11.7. The first-order valence-corrected chi connectivity index (χ1v) is 6.54. The third kappa shape index (κ3) is 2.90. The van der Waals surface area contributed by atoms with Gasteiger partial charge >= 0.3 is 0 Å². The van der Waals surface area contributed by atoms with E-state index >= 15 is 0 Å². The summed E-state index contributed by atoms with van der Waals surface area (Å²) in [5.41, 5.74) is 0. The SMILES string of the molecule is C=CCN(C)S(=O)(=O)c1cccc(Br)c1. The van der Waals surface area contributed by atoms with E-state index in [2.05, 4.69) is 22.5 Å². The number of hydrogen-bond acceptors (Lipinski definition) is 2. The van der Waals surface area contributed by atoms with Crippen LogP contribution >= 0.6 is 15.9 Å². The molecule has 5 heteroatoms. The molecule has 0 N–H and O–H groups in total. The van der Waals surface area contributed by atoms with Crippen LogP contribution in [0.25, 0.3) is 0 Å². The topological polar surface area (TPSA) is 37.4 Å². The van der Waals surface area contributed by atoms with Crippen LogP contribution in [0.2, 0.25) is 0 Å². The van der Waals surface area contributed by atoms with Gasteiger partial charge < -0.3 is 0 Å². The molecule has 0 amide bonds. The number of sulfonamides is 1. The zero-order chi connectivity index (χ0) is 11.5. The zero-order valence-corrected chi connectivity index (χ0v) is 10.8. The van der Waals surface area contributed by atoms with Crippen LogP contribution in [0.4, 0.5) is 0 Å². The Morgan fingerprint density at radius 3 is 2.73 bits per heavy atom. The van der Waals surface area contributed by atoms with E-state index in [9.17, 15) is 8.42 Å². The molecule has 0 atom stereocenters. The van der Waals surface area contributed by atoms with Crippen LogP contribution in [0.3, 0.4) is 0 Å². The lowest BCUT2D eigenvalue weighted by molar-refractivity contribution is 0.499. The molecule has 0 heterocycles. The molecule has 0 fully saturated rings. The summed E-state index contributed by atoms with van der Waals surface area (Å²) in [6.07, 6.45) is 1.55. The number of likely N-dealkylation sites (N-methyl/N-ethyl adjacent to an activating group) is 1. The molecule has 0 aliphatic rings. The average molecular weight is 290 g/mol. The van der Waals surface area contributed by atoms with E-state index in [1.807, 2.05) is 0 Å². The lowest BCUT2D eigenvalue weighted by Crippen LogP contribution is -2.26. The molecular weight excluding hydrogens is 278 g/mol. The van der Waals surface area contributed by atoms with Gasteiger partial charge in [-0.15, -0.1) is 6.58 Å². The van der Waals surface area contributed by atoms with E-state index in [1.54, 1.807) is 30.3 Å². The van der Waals surface area contributed by atoms with E-state index in [1.165, 1.54) is 11.4 Å². The summed E-state index contributed by atoms with van der Waals surface area (Å²) >= 11 is 3.24. The van der Waals surface area contributed by atoms with E-state index < -0.39 is 10.0 Å². The molecule has 1 aromatic carbocycles. The Morgan fingerprint density at radius 2 is 2.20 bits per heavy atom. The average Bonchev–Trinajstić information content (AvgIpc) is 2.18. The van der Waals surface area contributed by atoms with Gasteiger partial charge in [0.2, 0.25) is 10.0 Å². The van der Waals surface area contributed by atoms with Crippen molar-refractivity contribution in [2.24, 2.45) is 0 Å². The minimum atomic E-state index is -3.39. The first-order chi connectivity index (χ1) is 6.98. The fraction of sp³-hybridized carbons (Fsp3) is 0.200. The fourth-order valence-electron chi connectivity index (χ4n) is 1.09. The van der Waals surface area contributed by atoms with Crippen LogP contribution in [0.5, 0.6) is 0 Å². The number of nitrogens with zero attached hydrogens (tertiary/aromatic N) is 1. The molecule has 0 saturated carbocycles. The highest BCUT2D eigenvalue weighted by molar-refractivity contribution is 9.10. The van der Waals surface area contributed by atoms with Crippen molar-refractivity contribution in [3.05, 3.63) is 41.4 Å². The van der Waals surface area contributed by atoms with Crippen molar-refractivity contribution in [1.82, 2.24) is 4.31 Å². The van der Waals surface area contributed by atoms with Gasteiger partial charge in [-0.3, -0.25) is 0 Å². The molecular formula is C10H12BrNO2S. The molecule has 82 valence electrons. The maximum absolute atomic E-state index is 11.9. The minimum absolute atomic E-state index is 0.279. The second-order valence-electron chi connectivity index (χ2n) is 3.03. The molecule has 0 aliphatic heterocycles. The summed E-state index contributed by atoms with van der Waals surface area (Å²) in [6, 6.07) is 6.62. The minimum Gasteiger partial charge on any atom is -0.207 e. The zero-order valence-electron chi connectivity index (χ0n) is 8.35. The summed E-state index contributed by atoms with van der Waals surface area (Å²) in [6.45, 7) is 3.81. The Balaban J connectivity index is 3.11. The number of halogens is 1. The van der Waals surface area contributed by atoms with Crippen molar-refractivity contribution >= 4 is 26.0 Å². The molecule has 1 rings (SSSR count). The quantitative estimate of drug-likeness (QED) is 0.798. The van der Waals surface area contributed by atoms with Crippen LogP contribution in [0.1, 0.15) is 0 Å². The van der Waals surface area contributed by atoms with Gasteiger partial charge in [-0.25, -0.2) is 8.42 Å². The second-order valence-corrected chi connectivity index (χ2v) is 5.99. The predicted octanol–water partition coefficient (Wildman–Crippen LogP) is 2.26. The van der Waals surface area contributed by atoms with Crippen LogP contribution in [-0.2, 0) is 10.0 Å². The monoisotopic (exact) mass is 289 g/mol. The van der Waals surface area contributed by atoms with Gasteiger partial charge in [0.15, 0.2) is 0 Å². The van der Waals surface area contributed by atoms with Gasteiger partial charge in [0.1, 0.15) is 0 Å². The maximum Gasteiger partial charge on any atom is 0.243 e. The van der Waals surface area contributed by atoms with Gasteiger partial charge in [0.05, 0.1) is 4.90 Å². The highest BCUT2D eigenvalue weighted by atomic mass is 79.9. The third-order valence-corrected chi connectivity index (χ3v) is 4.20. The summed E-state index contributed by atoms with van der Waals surface area (Å²) in [5.74, 6) is 0. The van der Waals surface area contributed by atoms with Gasteiger partial charge in [-0.1, -0.05) is 28.1 Å². The second kappa shape index (κ2) is 4.92. The Kier molecular flexibility index (Phi) is 4.07. The van der Waals surface area contributed by atoms with Crippen LogP contribution in [0, 0.1) is 0 Å². The molecule has 0 aliphatic carbocycles. The highest BCUT2D eigenvalue weighted by Crippen LogP contribution is 2.18. The molecule has 0 bridgehead atoms. The maximum atomic E-state index is 11.9. The predicted molar refractivity (Wildman–Crippen MR) is 64.2 cm³/mol. The molecule has 0 unspecified atom stereocenters. The van der Waals surface area contributed by atoms with E-state index in [4.69, 9.17) is 0 Å². The molecule has 0 radical (unpaired) electrons. The first-order valence-electron chi connectivity index (χ1n) is 4.31. The van der Waals surface area contributed by atoms with E-state index in [0.29, 0.717) is 6.54 Å². The van der Waals surface area contributed by atoms with Crippen molar-refractivity contribution in [1.29, 1.82) is 0 Å².